The van der Waals surface area contributed by atoms with E-state index in [9.17, 15) is 4.79 Å². The van der Waals surface area contributed by atoms with E-state index in [-0.39, 0.29) is 35.7 Å². The Bertz CT molecular complexity index is 629. The summed E-state index contributed by atoms with van der Waals surface area (Å²) in [5.74, 6) is -0.283. The number of carbonyl (C=O) groups is 1. The van der Waals surface area contributed by atoms with Crippen molar-refractivity contribution < 1.29 is 4.79 Å². The number of hydrogen-bond acceptors (Lipinski definition) is 2. The molecule has 0 aliphatic carbocycles. The Labute approximate surface area is 151 Å². The van der Waals surface area contributed by atoms with E-state index >= 15 is 0 Å². The van der Waals surface area contributed by atoms with Crippen LogP contribution < -0.4 is 11.1 Å². The first-order valence-electron chi connectivity index (χ1n) is 8.05. The number of nitrogens with two attached hydrogens (primary N) is 1. The van der Waals surface area contributed by atoms with Crippen LogP contribution in [0.5, 0.6) is 0 Å². The zero-order valence-electron chi connectivity index (χ0n) is 14.5. The van der Waals surface area contributed by atoms with Crippen molar-refractivity contribution in [2.75, 3.05) is 6.54 Å². The molecule has 2 unspecified atom stereocenters. The average molecular weight is 347 g/mol. The van der Waals surface area contributed by atoms with Crippen molar-refractivity contribution in [3.8, 4) is 0 Å². The maximum absolute atomic E-state index is 12.4. The van der Waals surface area contributed by atoms with Crippen molar-refractivity contribution in [2.45, 2.75) is 32.2 Å². The first-order valence-corrected chi connectivity index (χ1v) is 8.05. The molecule has 0 radical (unpaired) electrons. The third-order valence-corrected chi connectivity index (χ3v) is 4.40. The molecule has 0 spiro atoms. The van der Waals surface area contributed by atoms with Gasteiger partial charge in [-0.25, -0.2) is 0 Å². The number of rotatable bonds is 6. The number of halogens is 1. The van der Waals surface area contributed by atoms with Gasteiger partial charge in [-0.1, -0.05) is 81.4 Å². The average Bonchev–Trinajstić information content (AvgIpc) is 2.60. The molecule has 2 aromatic carbocycles. The normalized spacial score (nSPS) is 13.5. The van der Waals surface area contributed by atoms with Crippen LogP contribution in [0.3, 0.4) is 0 Å². The smallest absolute Gasteiger partial charge is 0.224 e. The van der Waals surface area contributed by atoms with Gasteiger partial charge in [0.25, 0.3) is 0 Å². The summed E-state index contributed by atoms with van der Waals surface area (Å²) in [6.07, 6.45) is 0. The molecule has 2 aromatic rings. The predicted molar refractivity (Wildman–Crippen MR) is 102 cm³/mol. The van der Waals surface area contributed by atoms with Gasteiger partial charge in [-0.05, 0) is 11.1 Å². The molecule has 3 nitrogen and oxygen atoms in total. The third-order valence-electron chi connectivity index (χ3n) is 4.40. The molecule has 24 heavy (non-hydrogen) atoms. The number of nitrogens with one attached hydrogen (secondary N) is 1. The van der Waals surface area contributed by atoms with Crippen LogP contribution in [-0.2, 0) is 10.2 Å². The Balaban J connectivity index is 0.00000288. The van der Waals surface area contributed by atoms with Crippen LogP contribution >= 0.6 is 12.4 Å². The van der Waals surface area contributed by atoms with E-state index in [0.29, 0.717) is 6.54 Å². The molecule has 1 amide bonds. The minimum atomic E-state index is -0.295. The van der Waals surface area contributed by atoms with Gasteiger partial charge < -0.3 is 11.1 Å². The molecular formula is C20H27ClN2O. The second-order valence-corrected chi connectivity index (χ2v) is 6.69. The molecule has 0 fully saturated rings. The SMILES string of the molecule is CC(C(=O)NCC(C)(C)c1ccccc1)C(N)c1ccccc1.Cl. The van der Waals surface area contributed by atoms with Gasteiger partial charge in [-0.15, -0.1) is 12.4 Å². The quantitative estimate of drug-likeness (QED) is 0.835. The third kappa shape index (κ3) is 5.08. The molecule has 2 atom stereocenters. The lowest BCUT2D eigenvalue weighted by molar-refractivity contribution is -0.125. The maximum atomic E-state index is 12.4. The van der Waals surface area contributed by atoms with E-state index in [0.717, 1.165) is 5.56 Å². The van der Waals surface area contributed by atoms with Crippen molar-refractivity contribution in [1.29, 1.82) is 0 Å². The van der Waals surface area contributed by atoms with Crippen LogP contribution in [0.15, 0.2) is 60.7 Å². The van der Waals surface area contributed by atoms with Crippen molar-refractivity contribution in [1.82, 2.24) is 5.32 Å². The first-order chi connectivity index (χ1) is 10.9. The number of amides is 1. The fraction of sp³-hybridized carbons (Fsp3) is 0.350. The Morgan fingerprint density at radius 2 is 1.54 bits per heavy atom. The Morgan fingerprint density at radius 3 is 2.08 bits per heavy atom. The molecule has 4 heteroatoms. The van der Waals surface area contributed by atoms with Crippen LogP contribution in [0.1, 0.15) is 37.9 Å². The molecule has 0 bridgehead atoms. The summed E-state index contributed by atoms with van der Waals surface area (Å²) in [6, 6.07) is 19.7. The topological polar surface area (TPSA) is 55.1 Å². The lowest BCUT2D eigenvalue weighted by Crippen LogP contribution is -2.41. The van der Waals surface area contributed by atoms with Crippen LogP contribution in [0.2, 0.25) is 0 Å². The highest BCUT2D eigenvalue weighted by atomic mass is 35.5. The highest BCUT2D eigenvalue weighted by Gasteiger charge is 2.25. The lowest BCUT2D eigenvalue weighted by atomic mass is 9.84. The van der Waals surface area contributed by atoms with Gasteiger partial charge in [0.05, 0.1) is 5.92 Å². The Kier molecular flexibility index (Phi) is 7.46. The summed E-state index contributed by atoms with van der Waals surface area (Å²) in [6.45, 7) is 6.72. The summed E-state index contributed by atoms with van der Waals surface area (Å²) in [7, 11) is 0. The standard InChI is InChI=1S/C20H26N2O.ClH/c1-15(18(21)16-10-6-4-7-11-16)19(23)22-14-20(2,3)17-12-8-5-9-13-17;/h4-13,15,18H,14,21H2,1-3H3,(H,22,23);1H. The van der Waals surface area contributed by atoms with Gasteiger partial charge in [-0.2, -0.15) is 0 Å². The van der Waals surface area contributed by atoms with E-state index < -0.39 is 0 Å². The summed E-state index contributed by atoms with van der Waals surface area (Å²) >= 11 is 0. The molecule has 0 saturated heterocycles. The maximum Gasteiger partial charge on any atom is 0.224 e. The van der Waals surface area contributed by atoms with Crippen molar-refractivity contribution in [2.24, 2.45) is 11.7 Å². The monoisotopic (exact) mass is 346 g/mol. The number of hydrogen-bond donors (Lipinski definition) is 2. The van der Waals surface area contributed by atoms with Crippen LogP contribution in [-0.4, -0.2) is 12.5 Å². The van der Waals surface area contributed by atoms with E-state index in [1.54, 1.807) is 0 Å². The molecular weight excluding hydrogens is 320 g/mol. The van der Waals surface area contributed by atoms with Gasteiger partial charge in [0.15, 0.2) is 0 Å². The number of carbonyl (C=O) groups excluding carboxylic acids is 1. The minimum absolute atomic E-state index is 0. The van der Waals surface area contributed by atoms with E-state index in [1.807, 2.05) is 55.5 Å². The van der Waals surface area contributed by atoms with Gasteiger partial charge >= 0.3 is 0 Å². The summed E-state index contributed by atoms with van der Waals surface area (Å²) in [5.41, 5.74) is 8.30. The summed E-state index contributed by atoms with van der Waals surface area (Å²) < 4.78 is 0. The van der Waals surface area contributed by atoms with Gasteiger partial charge in [0.2, 0.25) is 5.91 Å². The largest absolute Gasteiger partial charge is 0.355 e. The molecule has 130 valence electrons. The number of benzene rings is 2. The van der Waals surface area contributed by atoms with Crippen molar-refractivity contribution in [3.63, 3.8) is 0 Å². The minimum Gasteiger partial charge on any atom is -0.355 e. The summed E-state index contributed by atoms with van der Waals surface area (Å²) in [4.78, 5) is 12.4. The highest BCUT2D eigenvalue weighted by molar-refractivity contribution is 5.85. The predicted octanol–water partition coefficient (Wildman–Crippen LogP) is 3.84. The van der Waals surface area contributed by atoms with E-state index in [1.165, 1.54) is 5.56 Å². The fourth-order valence-electron chi connectivity index (χ4n) is 2.59. The van der Waals surface area contributed by atoms with Crippen molar-refractivity contribution in [3.05, 3.63) is 71.8 Å². The van der Waals surface area contributed by atoms with Gasteiger partial charge in [0, 0.05) is 18.0 Å². The highest BCUT2D eigenvalue weighted by Crippen LogP contribution is 2.23. The molecule has 0 aromatic heterocycles. The van der Waals surface area contributed by atoms with Gasteiger partial charge in [-0.3, -0.25) is 4.79 Å². The van der Waals surface area contributed by atoms with E-state index in [4.69, 9.17) is 5.73 Å². The molecule has 0 saturated carbocycles. The Morgan fingerprint density at radius 1 is 1.04 bits per heavy atom. The van der Waals surface area contributed by atoms with Crippen molar-refractivity contribution >= 4 is 18.3 Å². The molecule has 3 N–H and O–H groups in total. The zero-order chi connectivity index (χ0) is 16.9. The Hall–Kier alpha value is -1.84. The van der Waals surface area contributed by atoms with E-state index in [2.05, 4.69) is 31.3 Å². The fourth-order valence-corrected chi connectivity index (χ4v) is 2.59. The van der Waals surface area contributed by atoms with Crippen LogP contribution in [0, 0.1) is 5.92 Å². The summed E-state index contributed by atoms with van der Waals surface area (Å²) in [5, 5.41) is 3.05. The molecule has 0 aliphatic heterocycles. The molecule has 2 rings (SSSR count). The molecule has 0 aliphatic rings. The van der Waals surface area contributed by atoms with Crippen LogP contribution in [0.4, 0.5) is 0 Å². The van der Waals surface area contributed by atoms with Gasteiger partial charge in [0.1, 0.15) is 0 Å². The zero-order valence-corrected chi connectivity index (χ0v) is 15.3. The molecule has 0 heterocycles. The van der Waals surface area contributed by atoms with Crippen LogP contribution in [0.25, 0.3) is 0 Å². The first kappa shape index (κ1) is 20.2. The second-order valence-electron chi connectivity index (χ2n) is 6.69. The lowest BCUT2D eigenvalue weighted by Gasteiger charge is -2.27. The second kappa shape index (κ2) is 8.86.